The average Bonchev–Trinajstić information content (AvgIpc) is 3.30. The predicted octanol–water partition coefficient (Wildman–Crippen LogP) is 6.29. The highest BCUT2D eigenvalue weighted by Gasteiger charge is 2.42. The second-order valence-electron chi connectivity index (χ2n) is 9.52. The van der Waals surface area contributed by atoms with Crippen LogP contribution in [0.25, 0.3) is 0 Å². The summed E-state index contributed by atoms with van der Waals surface area (Å²) in [5.41, 5.74) is 1.40. The smallest absolute Gasteiger partial charge is 0.235 e. The SMILES string of the molecule is C[C@H]1CCCN(CCCOc2ccc(NC(=O)C3(c4ccc(Cl)cc4)CCCC3)cc2)C1. The molecule has 1 saturated carbocycles. The summed E-state index contributed by atoms with van der Waals surface area (Å²) in [5, 5.41) is 3.84. The van der Waals surface area contributed by atoms with E-state index in [2.05, 4.69) is 17.1 Å². The number of hydrogen-bond donors (Lipinski definition) is 1. The number of piperidine rings is 1. The Balaban J connectivity index is 1.29. The Kier molecular flexibility index (Phi) is 7.75. The van der Waals surface area contributed by atoms with E-state index in [1.165, 1.54) is 25.9 Å². The third-order valence-electron chi connectivity index (χ3n) is 7.03. The van der Waals surface area contributed by atoms with Crippen molar-refractivity contribution in [2.24, 2.45) is 5.92 Å². The minimum absolute atomic E-state index is 0.0711. The summed E-state index contributed by atoms with van der Waals surface area (Å²) < 4.78 is 5.93. The maximum atomic E-state index is 13.3. The Bertz CT molecular complexity index is 876. The number of benzene rings is 2. The number of halogens is 1. The molecule has 0 bridgehead atoms. The molecular formula is C27H35ClN2O2. The number of hydrogen-bond acceptors (Lipinski definition) is 3. The van der Waals surface area contributed by atoms with Crippen LogP contribution in [0.15, 0.2) is 48.5 Å². The molecule has 1 heterocycles. The van der Waals surface area contributed by atoms with Crippen LogP contribution in [0.4, 0.5) is 5.69 Å². The topological polar surface area (TPSA) is 41.6 Å². The number of carbonyl (C=O) groups is 1. The van der Waals surface area contributed by atoms with E-state index in [1.54, 1.807) is 0 Å². The highest BCUT2D eigenvalue weighted by Crippen LogP contribution is 2.42. The molecule has 2 aromatic carbocycles. The Hall–Kier alpha value is -2.04. The zero-order valence-corrected chi connectivity index (χ0v) is 19.9. The van der Waals surface area contributed by atoms with E-state index in [0.717, 1.165) is 68.2 Å². The fraction of sp³-hybridized carbons (Fsp3) is 0.519. The zero-order chi connectivity index (χ0) is 22.4. The van der Waals surface area contributed by atoms with Gasteiger partial charge in [-0.3, -0.25) is 4.79 Å². The maximum absolute atomic E-state index is 13.3. The van der Waals surface area contributed by atoms with E-state index in [1.807, 2.05) is 48.5 Å². The van der Waals surface area contributed by atoms with Crippen molar-refractivity contribution in [2.45, 2.75) is 57.3 Å². The number of carbonyl (C=O) groups excluding carboxylic acids is 1. The summed E-state index contributed by atoms with van der Waals surface area (Å²) in [4.78, 5) is 15.9. The summed E-state index contributed by atoms with van der Waals surface area (Å²) >= 11 is 6.06. The Morgan fingerprint density at radius 2 is 1.81 bits per heavy atom. The van der Waals surface area contributed by atoms with E-state index in [-0.39, 0.29) is 5.91 Å². The second kappa shape index (κ2) is 10.7. The molecule has 172 valence electrons. The molecule has 1 aliphatic heterocycles. The molecular weight excluding hydrogens is 420 g/mol. The van der Waals surface area contributed by atoms with Gasteiger partial charge >= 0.3 is 0 Å². The molecule has 4 rings (SSSR count). The lowest BCUT2D eigenvalue weighted by Gasteiger charge is -2.30. The predicted molar refractivity (Wildman–Crippen MR) is 132 cm³/mol. The van der Waals surface area contributed by atoms with E-state index in [9.17, 15) is 4.79 Å². The van der Waals surface area contributed by atoms with Crippen molar-refractivity contribution in [2.75, 3.05) is 31.6 Å². The number of rotatable bonds is 8. The molecule has 0 radical (unpaired) electrons. The van der Waals surface area contributed by atoms with Gasteiger partial charge in [0.1, 0.15) is 5.75 Å². The number of anilines is 1. The summed E-state index contributed by atoms with van der Waals surface area (Å²) in [7, 11) is 0. The Morgan fingerprint density at radius 3 is 2.50 bits per heavy atom. The minimum Gasteiger partial charge on any atom is -0.494 e. The van der Waals surface area contributed by atoms with Crippen LogP contribution in [-0.2, 0) is 10.2 Å². The van der Waals surface area contributed by atoms with Gasteiger partial charge in [0.15, 0.2) is 0 Å². The van der Waals surface area contributed by atoms with Crippen LogP contribution in [0, 0.1) is 5.92 Å². The van der Waals surface area contributed by atoms with E-state index < -0.39 is 5.41 Å². The van der Waals surface area contributed by atoms with Gasteiger partial charge < -0.3 is 15.0 Å². The monoisotopic (exact) mass is 454 g/mol. The molecule has 5 heteroatoms. The van der Waals surface area contributed by atoms with Crippen LogP contribution in [0.2, 0.25) is 5.02 Å². The Labute approximate surface area is 197 Å². The van der Waals surface area contributed by atoms with Gasteiger partial charge in [0, 0.05) is 23.8 Å². The average molecular weight is 455 g/mol. The van der Waals surface area contributed by atoms with Gasteiger partial charge in [-0.1, -0.05) is 43.5 Å². The molecule has 0 spiro atoms. The molecule has 1 atom stereocenters. The summed E-state index contributed by atoms with van der Waals surface area (Å²) in [6.07, 6.45) is 7.59. The van der Waals surface area contributed by atoms with Crippen LogP contribution in [0.5, 0.6) is 5.75 Å². The van der Waals surface area contributed by atoms with Crippen molar-refractivity contribution in [3.05, 3.63) is 59.1 Å². The zero-order valence-electron chi connectivity index (χ0n) is 19.1. The molecule has 0 aromatic heterocycles. The van der Waals surface area contributed by atoms with Crippen molar-refractivity contribution in [3.8, 4) is 5.75 Å². The number of amides is 1. The third-order valence-corrected chi connectivity index (χ3v) is 7.28. The first-order valence-electron chi connectivity index (χ1n) is 12.1. The van der Waals surface area contributed by atoms with Crippen molar-refractivity contribution in [1.29, 1.82) is 0 Å². The highest BCUT2D eigenvalue weighted by atomic mass is 35.5. The lowest BCUT2D eigenvalue weighted by atomic mass is 9.78. The van der Waals surface area contributed by atoms with Crippen molar-refractivity contribution in [3.63, 3.8) is 0 Å². The number of nitrogens with zero attached hydrogens (tertiary/aromatic N) is 1. The fourth-order valence-corrected chi connectivity index (χ4v) is 5.37. The first kappa shape index (κ1) is 23.1. The summed E-state index contributed by atoms with van der Waals surface area (Å²) in [6, 6.07) is 15.5. The van der Waals surface area contributed by atoms with Crippen LogP contribution in [-0.4, -0.2) is 37.0 Å². The number of ether oxygens (including phenoxy) is 1. The molecule has 2 aliphatic rings. The first-order valence-corrected chi connectivity index (χ1v) is 12.5. The van der Waals surface area contributed by atoms with Crippen LogP contribution >= 0.6 is 11.6 Å². The van der Waals surface area contributed by atoms with Gasteiger partial charge in [-0.15, -0.1) is 0 Å². The highest BCUT2D eigenvalue weighted by molar-refractivity contribution is 6.30. The lowest BCUT2D eigenvalue weighted by molar-refractivity contribution is -0.121. The van der Waals surface area contributed by atoms with Crippen LogP contribution in [0.1, 0.15) is 57.4 Å². The summed E-state index contributed by atoms with van der Waals surface area (Å²) in [6.45, 7) is 6.59. The van der Waals surface area contributed by atoms with Crippen molar-refractivity contribution >= 4 is 23.2 Å². The van der Waals surface area contributed by atoms with Crippen LogP contribution in [0.3, 0.4) is 0 Å². The molecule has 0 unspecified atom stereocenters. The second-order valence-corrected chi connectivity index (χ2v) is 9.96. The quantitative estimate of drug-likeness (QED) is 0.476. The standard InChI is InChI=1S/C27H35ClN2O2/c1-21-6-4-17-30(20-21)18-5-19-32-25-13-11-24(12-14-25)29-26(31)27(15-2-3-16-27)22-7-9-23(28)10-8-22/h7-14,21H,2-6,15-20H2,1H3,(H,29,31)/t21-/m0/s1. The van der Waals surface area contributed by atoms with Crippen molar-refractivity contribution in [1.82, 2.24) is 4.90 Å². The van der Waals surface area contributed by atoms with Gasteiger partial charge in [-0.25, -0.2) is 0 Å². The fourth-order valence-electron chi connectivity index (χ4n) is 5.25. The molecule has 2 aromatic rings. The van der Waals surface area contributed by atoms with E-state index >= 15 is 0 Å². The number of nitrogens with one attached hydrogen (secondary N) is 1. The number of likely N-dealkylation sites (tertiary alicyclic amines) is 1. The van der Waals surface area contributed by atoms with E-state index in [0.29, 0.717) is 5.02 Å². The van der Waals surface area contributed by atoms with E-state index in [4.69, 9.17) is 16.3 Å². The molecule has 1 aliphatic carbocycles. The van der Waals surface area contributed by atoms with Gasteiger partial charge in [-0.05, 0) is 86.5 Å². The van der Waals surface area contributed by atoms with Crippen molar-refractivity contribution < 1.29 is 9.53 Å². The van der Waals surface area contributed by atoms with Gasteiger partial charge in [0.25, 0.3) is 0 Å². The third kappa shape index (κ3) is 5.65. The molecule has 1 saturated heterocycles. The molecule has 2 fully saturated rings. The van der Waals surface area contributed by atoms with Crippen LogP contribution < -0.4 is 10.1 Å². The molecule has 1 amide bonds. The Morgan fingerprint density at radius 1 is 1.09 bits per heavy atom. The lowest BCUT2D eigenvalue weighted by Crippen LogP contribution is -2.37. The maximum Gasteiger partial charge on any atom is 0.235 e. The molecule has 32 heavy (non-hydrogen) atoms. The minimum atomic E-state index is -0.467. The first-order chi connectivity index (χ1) is 15.5. The van der Waals surface area contributed by atoms with Gasteiger partial charge in [0.05, 0.1) is 12.0 Å². The van der Waals surface area contributed by atoms with Gasteiger partial charge in [-0.2, -0.15) is 0 Å². The normalized spacial score (nSPS) is 20.8. The molecule has 1 N–H and O–H groups in total. The largest absolute Gasteiger partial charge is 0.494 e. The molecule has 4 nitrogen and oxygen atoms in total. The summed E-state index contributed by atoms with van der Waals surface area (Å²) in [5.74, 6) is 1.74. The van der Waals surface area contributed by atoms with Gasteiger partial charge in [0.2, 0.25) is 5.91 Å².